The molecule has 24 heavy (non-hydrogen) atoms. The van der Waals surface area contributed by atoms with Gasteiger partial charge < -0.3 is 18.9 Å². The lowest BCUT2D eigenvalue weighted by molar-refractivity contribution is 0.0716. The van der Waals surface area contributed by atoms with Crippen LogP contribution in [0, 0.1) is 0 Å². The number of hydrogen-bond donors (Lipinski definition) is 0. The molecule has 2 aromatic rings. The van der Waals surface area contributed by atoms with Crippen molar-refractivity contribution in [3.63, 3.8) is 0 Å². The van der Waals surface area contributed by atoms with Crippen LogP contribution >= 0.6 is 0 Å². The van der Waals surface area contributed by atoms with Crippen LogP contribution in [0.15, 0.2) is 48.5 Å². The highest BCUT2D eigenvalue weighted by Crippen LogP contribution is 2.24. The summed E-state index contributed by atoms with van der Waals surface area (Å²) in [6.45, 7) is 5.04. The zero-order valence-corrected chi connectivity index (χ0v) is 14.8. The maximum atomic E-state index is 5.68. The summed E-state index contributed by atoms with van der Waals surface area (Å²) in [5, 5.41) is 0. The molecule has 0 saturated carbocycles. The number of rotatable bonds is 9. The second-order valence-electron chi connectivity index (χ2n) is 5.76. The van der Waals surface area contributed by atoms with Crippen molar-refractivity contribution in [3.05, 3.63) is 48.5 Å². The Kier molecular flexibility index (Phi) is 7.09. The van der Waals surface area contributed by atoms with E-state index in [-0.39, 0.29) is 12.2 Å². The minimum absolute atomic E-state index is 0.0815. The van der Waals surface area contributed by atoms with Gasteiger partial charge in [-0.2, -0.15) is 0 Å². The van der Waals surface area contributed by atoms with Crippen molar-refractivity contribution < 1.29 is 18.9 Å². The van der Waals surface area contributed by atoms with E-state index in [2.05, 4.69) is 24.3 Å². The molecule has 130 valence electrons. The Morgan fingerprint density at radius 1 is 0.625 bits per heavy atom. The molecule has 0 radical (unpaired) electrons. The normalized spacial score (nSPS) is 13.3. The van der Waals surface area contributed by atoms with Crippen LogP contribution in [-0.4, -0.2) is 39.6 Å². The summed E-state index contributed by atoms with van der Waals surface area (Å²) in [5.41, 5.74) is 2.28. The van der Waals surface area contributed by atoms with Crippen LogP contribution in [-0.2, 0) is 9.47 Å². The van der Waals surface area contributed by atoms with Gasteiger partial charge in [0.05, 0.1) is 12.2 Å². The molecular formula is C20H26O4. The highest BCUT2D eigenvalue weighted by Gasteiger charge is 2.04. The molecule has 2 unspecified atom stereocenters. The maximum absolute atomic E-state index is 5.68. The van der Waals surface area contributed by atoms with Crippen molar-refractivity contribution in [1.82, 2.24) is 0 Å². The molecule has 0 aliphatic rings. The summed E-state index contributed by atoms with van der Waals surface area (Å²) >= 11 is 0. The van der Waals surface area contributed by atoms with Crippen molar-refractivity contribution in [2.24, 2.45) is 0 Å². The first-order chi connectivity index (χ1) is 11.6. The fourth-order valence-electron chi connectivity index (χ4n) is 2.05. The predicted molar refractivity (Wildman–Crippen MR) is 95.8 cm³/mol. The van der Waals surface area contributed by atoms with Crippen LogP contribution in [0.25, 0.3) is 11.1 Å². The van der Waals surface area contributed by atoms with Gasteiger partial charge in [-0.3, -0.25) is 0 Å². The minimum Gasteiger partial charge on any atom is -0.491 e. The van der Waals surface area contributed by atoms with Gasteiger partial charge in [-0.25, -0.2) is 0 Å². The zero-order valence-electron chi connectivity index (χ0n) is 14.8. The molecule has 4 heteroatoms. The summed E-state index contributed by atoms with van der Waals surface area (Å²) in [6.07, 6.45) is 0.163. The molecule has 0 amide bonds. The van der Waals surface area contributed by atoms with Crippen molar-refractivity contribution in [1.29, 1.82) is 0 Å². The second-order valence-corrected chi connectivity index (χ2v) is 5.76. The van der Waals surface area contributed by atoms with Crippen molar-refractivity contribution in [2.45, 2.75) is 26.1 Å². The lowest BCUT2D eigenvalue weighted by Crippen LogP contribution is -2.15. The first-order valence-electron chi connectivity index (χ1n) is 8.14. The van der Waals surface area contributed by atoms with Crippen LogP contribution in [0.2, 0.25) is 0 Å². The van der Waals surface area contributed by atoms with E-state index in [1.807, 2.05) is 38.1 Å². The van der Waals surface area contributed by atoms with E-state index in [1.54, 1.807) is 14.2 Å². The Morgan fingerprint density at radius 2 is 0.958 bits per heavy atom. The average molecular weight is 330 g/mol. The topological polar surface area (TPSA) is 36.9 Å². The Balaban J connectivity index is 1.93. The van der Waals surface area contributed by atoms with E-state index in [0.717, 1.165) is 22.6 Å². The fraction of sp³-hybridized carbons (Fsp3) is 0.400. The fourth-order valence-corrected chi connectivity index (χ4v) is 2.05. The highest BCUT2D eigenvalue weighted by molar-refractivity contribution is 5.64. The van der Waals surface area contributed by atoms with Gasteiger partial charge in [-0.15, -0.1) is 0 Å². The van der Waals surface area contributed by atoms with E-state index in [9.17, 15) is 0 Å². The summed E-state index contributed by atoms with van der Waals surface area (Å²) in [6, 6.07) is 16.1. The van der Waals surface area contributed by atoms with E-state index in [1.165, 1.54) is 0 Å². The third-order valence-electron chi connectivity index (χ3n) is 3.82. The van der Waals surface area contributed by atoms with Crippen LogP contribution in [0.5, 0.6) is 11.5 Å². The van der Waals surface area contributed by atoms with Crippen LogP contribution < -0.4 is 9.47 Å². The van der Waals surface area contributed by atoms with Crippen LogP contribution in [0.4, 0.5) is 0 Å². The average Bonchev–Trinajstić information content (AvgIpc) is 2.65. The number of hydrogen-bond acceptors (Lipinski definition) is 4. The van der Waals surface area contributed by atoms with Crippen molar-refractivity contribution >= 4 is 0 Å². The quantitative estimate of drug-likeness (QED) is 0.691. The van der Waals surface area contributed by atoms with Crippen LogP contribution in [0.3, 0.4) is 0 Å². The van der Waals surface area contributed by atoms with Crippen molar-refractivity contribution in [2.75, 3.05) is 27.4 Å². The molecule has 0 heterocycles. The lowest BCUT2D eigenvalue weighted by Gasteiger charge is -2.12. The molecule has 2 atom stereocenters. The molecule has 0 aliphatic carbocycles. The molecule has 0 fully saturated rings. The van der Waals surface area contributed by atoms with Gasteiger partial charge in [0, 0.05) is 14.2 Å². The van der Waals surface area contributed by atoms with Gasteiger partial charge in [0.25, 0.3) is 0 Å². The molecular weight excluding hydrogens is 304 g/mol. The van der Waals surface area contributed by atoms with Crippen LogP contribution in [0.1, 0.15) is 13.8 Å². The Labute approximate surface area is 144 Å². The van der Waals surface area contributed by atoms with E-state index in [4.69, 9.17) is 18.9 Å². The van der Waals surface area contributed by atoms with E-state index in [0.29, 0.717) is 13.2 Å². The first kappa shape index (κ1) is 18.3. The number of benzene rings is 2. The molecule has 0 N–H and O–H groups in total. The lowest BCUT2D eigenvalue weighted by atomic mass is 10.1. The molecule has 0 aliphatic heterocycles. The van der Waals surface area contributed by atoms with Gasteiger partial charge in [-0.05, 0) is 49.2 Å². The predicted octanol–water partition coefficient (Wildman–Crippen LogP) is 4.18. The molecule has 2 aromatic carbocycles. The Hall–Kier alpha value is -2.04. The standard InChI is InChI=1S/C20H26O4/c1-15(21-3)13-23-19-9-5-17(6-10-19)18-7-11-20(12-8-18)24-14-16(2)22-4/h5-12,15-16H,13-14H2,1-4H3. The summed E-state index contributed by atoms with van der Waals surface area (Å²) in [7, 11) is 3.36. The minimum atomic E-state index is 0.0815. The summed E-state index contributed by atoms with van der Waals surface area (Å²) in [4.78, 5) is 0. The summed E-state index contributed by atoms with van der Waals surface area (Å²) < 4.78 is 21.7. The smallest absolute Gasteiger partial charge is 0.119 e. The molecule has 0 spiro atoms. The molecule has 0 bridgehead atoms. The largest absolute Gasteiger partial charge is 0.491 e. The van der Waals surface area contributed by atoms with E-state index >= 15 is 0 Å². The Bertz CT molecular complexity index is 537. The number of methoxy groups -OCH3 is 2. The van der Waals surface area contributed by atoms with E-state index < -0.39 is 0 Å². The monoisotopic (exact) mass is 330 g/mol. The Morgan fingerprint density at radius 3 is 1.25 bits per heavy atom. The second kappa shape index (κ2) is 9.30. The van der Waals surface area contributed by atoms with Gasteiger partial charge >= 0.3 is 0 Å². The molecule has 0 aromatic heterocycles. The first-order valence-corrected chi connectivity index (χ1v) is 8.14. The zero-order chi connectivity index (χ0) is 17.4. The SMILES string of the molecule is COC(C)COc1ccc(-c2ccc(OCC(C)OC)cc2)cc1. The molecule has 0 saturated heterocycles. The van der Waals surface area contributed by atoms with Crippen molar-refractivity contribution in [3.8, 4) is 22.6 Å². The van der Waals surface area contributed by atoms with Gasteiger partial charge in [0.2, 0.25) is 0 Å². The molecule has 4 nitrogen and oxygen atoms in total. The van der Waals surface area contributed by atoms with Gasteiger partial charge in [0.1, 0.15) is 24.7 Å². The number of ether oxygens (including phenoxy) is 4. The third-order valence-corrected chi connectivity index (χ3v) is 3.82. The summed E-state index contributed by atoms with van der Waals surface area (Å²) in [5.74, 6) is 1.69. The maximum Gasteiger partial charge on any atom is 0.119 e. The highest BCUT2D eigenvalue weighted by atomic mass is 16.5. The molecule has 2 rings (SSSR count). The van der Waals surface area contributed by atoms with Gasteiger partial charge in [0.15, 0.2) is 0 Å². The third kappa shape index (κ3) is 5.55. The van der Waals surface area contributed by atoms with Gasteiger partial charge in [-0.1, -0.05) is 24.3 Å².